The molecule has 4 nitrogen and oxygen atoms in total. The molecule has 4 rings (SSSR count). The maximum absolute atomic E-state index is 14.0. The molecule has 0 aliphatic carbocycles. The minimum Gasteiger partial charge on any atom is -0.353 e. The van der Waals surface area contributed by atoms with Crippen LogP contribution in [-0.4, -0.2) is 40.4 Å². The van der Waals surface area contributed by atoms with E-state index in [-0.39, 0.29) is 11.7 Å². The molecule has 27 heavy (non-hydrogen) atoms. The lowest BCUT2D eigenvalue weighted by Gasteiger charge is -2.27. The molecule has 2 aromatic carbocycles. The molecule has 0 saturated carbocycles. The van der Waals surface area contributed by atoms with Crippen molar-refractivity contribution in [1.82, 2.24) is 9.88 Å². The van der Waals surface area contributed by atoms with E-state index < -0.39 is 0 Å². The number of anilines is 2. The van der Waals surface area contributed by atoms with Crippen LogP contribution in [0, 0.1) is 5.82 Å². The van der Waals surface area contributed by atoms with Crippen molar-refractivity contribution in [3.63, 3.8) is 0 Å². The van der Waals surface area contributed by atoms with Gasteiger partial charge in [0.05, 0.1) is 22.5 Å². The average molecular weight is 446 g/mol. The van der Waals surface area contributed by atoms with E-state index in [1.807, 2.05) is 40.9 Å². The van der Waals surface area contributed by atoms with Crippen molar-refractivity contribution >= 4 is 55.9 Å². The Morgan fingerprint density at radius 2 is 1.96 bits per heavy atom. The second-order valence-corrected chi connectivity index (χ2v) is 8.30. The van der Waals surface area contributed by atoms with Crippen LogP contribution in [0.4, 0.5) is 15.8 Å². The maximum atomic E-state index is 14.0. The predicted molar refractivity (Wildman–Crippen MR) is 112 cm³/mol. The molecule has 3 aromatic rings. The molecule has 138 valence electrons. The van der Waals surface area contributed by atoms with Gasteiger partial charge in [-0.2, -0.15) is 11.8 Å². The van der Waals surface area contributed by atoms with Crippen molar-refractivity contribution in [3.05, 3.63) is 64.5 Å². The van der Waals surface area contributed by atoms with Crippen LogP contribution in [0.5, 0.6) is 0 Å². The second-order valence-electron chi connectivity index (χ2n) is 6.22. The zero-order chi connectivity index (χ0) is 18.8. The third kappa shape index (κ3) is 3.80. The van der Waals surface area contributed by atoms with E-state index >= 15 is 0 Å². The van der Waals surface area contributed by atoms with Crippen LogP contribution < -0.4 is 5.32 Å². The van der Waals surface area contributed by atoms with E-state index in [0.29, 0.717) is 35.2 Å². The molecule has 0 radical (unpaired) electrons. The Morgan fingerprint density at radius 1 is 1.19 bits per heavy atom. The number of benzene rings is 2. The number of aromatic nitrogens is 1. The van der Waals surface area contributed by atoms with Gasteiger partial charge in [0.1, 0.15) is 5.82 Å². The highest BCUT2D eigenvalue weighted by Gasteiger charge is 2.23. The highest BCUT2D eigenvalue weighted by Crippen LogP contribution is 2.33. The Bertz CT molecular complexity index is 1010. The van der Waals surface area contributed by atoms with Gasteiger partial charge in [-0.05, 0) is 46.3 Å². The number of hydrogen-bond acceptors (Lipinski definition) is 4. The number of carbonyl (C=O) groups is 1. The molecule has 2 heterocycles. The minimum absolute atomic E-state index is 0.0801. The highest BCUT2D eigenvalue weighted by molar-refractivity contribution is 9.10. The SMILES string of the molecule is O=C(c1cnc2ccc(F)cc2c1Nc1ccccc1Br)N1CCSCC1. The number of nitrogens with one attached hydrogen (secondary N) is 1. The van der Waals surface area contributed by atoms with Crippen LogP contribution in [0.1, 0.15) is 10.4 Å². The maximum Gasteiger partial charge on any atom is 0.257 e. The summed E-state index contributed by atoms with van der Waals surface area (Å²) in [5.41, 5.74) is 2.47. The van der Waals surface area contributed by atoms with Crippen LogP contribution >= 0.6 is 27.7 Å². The molecule has 0 atom stereocenters. The number of nitrogens with zero attached hydrogens (tertiary/aromatic N) is 2. The van der Waals surface area contributed by atoms with E-state index in [1.54, 1.807) is 12.3 Å². The van der Waals surface area contributed by atoms with Gasteiger partial charge in [0.2, 0.25) is 0 Å². The Balaban J connectivity index is 1.85. The number of carbonyl (C=O) groups excluding carboxylic acids is 1. The summed E-state index contributed by atoms with van der Waals surface area (Å²) in [5.74, 6) is 1.41. The third-order valence-electron chi connectivity index (χ3n) is 4.49. The van der Waals surface area contributed by atoms with Crippen LogP contribution in [0.15, 0.2) is 53.1 Å². The Hall–Kier alpha value is -2.12. The van der Waals surface area contributed by atoms with Crippen molar-refractivity contribution in [2.45, 2.75) is 0 Å². The van der Waals surface area contributed by atoms with Crippen molar-refractivity contribution in [3.8, 4) is 0 Å². The van der Waals surface area contributed by atoms with Gasteiger partial charge >= 0.3 is 0 Å². The number of para-hydroxylation sites is 1. The van der Waals surface area contributed by atoms with Crippen LogP contribution in [0.2, 0.25) is 0 Å². The molecule has 1 aliphatic heterocycles. The Labute approximate surface area is 169 Å². The highest BCUT2D eigenvalue weighted by atomic mass is 79.9. The zero-order valence-electron chi connectivity index (χ0n) is 14.4. The van der Waals surface area contributed by atoms with E-state index in [2.05, 4.69) is 26.2 Å². The van der Waals surface area contributed by atoms with E-state index in [4.69, 9.17) is 0 Å². The van der Waals surface area contributed by atoms with Crippen LogP contribution in [0.3, 0.4) is 0 Å². The quantitative estimate of drug-likeness (QED) is 0.611. The summed E-state index contributed by atoms with van der Waals surface area (Å²) in [5, 5.41) is 3.91. The molecule has 1 amide bonds. The van der Waals surface area contributed by atoms with Gasteiger partial charge in [-0.3, -0.25) is 9.78 Å². The van der Waals surface area contributed by atoms with Crippen LogP contribution in [-0.2, 0) is 0 Å². The molecule has 1 fully saturated rings. The molecule has 7 heteroatoms. The fourth-order valence-corrected chi connectivity index (χ4v) is 4.38. The number of amides is 1. The Kier molecular flexibility index (Phi) is 5.31. The van der Waals surface area contributed by atoms with E-state index in [1.165, 1.54) is 12.1 Å². The Morgan fingerprint density at radius 3 is 2.74 bits per heavy atom. The van der Waals surface area contributed by atoms with Crippen LogP contribution in [0.25, 0.3) is 10.9 Å². The molecule has 1 aliphatic rings. The van der Waals surface area contributed by atoms with Gasteiger partial charge in [0.25, 0.3) is 5.91 Å². The van der Waals surface area contributed by atoms with Gasteiger partial charge in [-0.15, -0.1) is 0 Å². The van der Waals surface area contributed by atoms with Gasteiger partial charge < -0.3 is 10.2 Å². The molecule has 1 aromatic heterocycles. The predicted octanol–water partition coefficient (Wildman–Crippen LogP) is 5.07. The van der Waals surface area contributed by atoms with E-state index in [9.17, 15) is 9.18 Å². The van der Waals surface area contributed by atoms with Gasteiger partial charge in [0, 0.05) is 40.7 Å². The molecular weight excluding hydrogens is 429 g/mol. The number of hydrogen-bond donors (Lipinski definition) is 1. The third-order valence-corrected chi connectivity index (χ3v) is 6.13. The lowest BCUT2D eigenvalue weighted by molar-refractivity contribution is 0.0773. The first kappa shape index (κ1) is 18.3. The molecule has 0 bridgehead atoms. The summed E-state index contributed by atoms with van der Waals surface area (Å²) in [7, 11) is 0. The van der Waals surface area contributed by atoms with Gasteiger partial charge in [-0.1, -0.05) is 12.1 Å². The van der Waals surface area contributed by atoms with Crippen molar-refractivity contribution < 1.29 is 9.18 Å². The van der Waals surface area contributed by atoms with Crippen molar-refractivity contribution in [1.29, 1.82) is 0 Å². The summed E-state index contributed by atoms with van der Waals surface area (Å²) in [6, 6.07) is 12.1. The summed E-state index contributed by atoms with van der Waals surface area (Å²) >= 11 is 5.36. The summed E-state index contributed by atoms with van der Waals surface area (Å²) in [6.07, 6.45) is 1.59. The fraction of sp³-hybridized carbons (Fsp3) is 0.200. The number of fused-ring (bicyclic) bond motifs is 1. The molecule has 0 spiro atoms. The molecular formula is C20H17BrFN3OS. The number of pyridine rings is 1. The zero-order valence-corrected chi connectivity index (χ0v) is 16.8. The lowest BCUT2D eigenvalue weighted by atomic mass is 10.1. The van der Waals surface area contributed by atoms with Crippen molar-refractivity contribution in [2.24, 2.45) is 0 Å². The number of rotatable bonds is 3. The first-order chi connectivity index (χ1) is 13.1. The summed E-state index contributed by atoms with van der Waals surface area (Å²) in [4.78, 5) is 19.4. The van der Waals surface area contributed by atoms with E-state index in [0.717, 1.165) is 21.7 Å². The number of halogens is 2. The lowest BCUT2D eigenvalue weighted by Crippen LogP contribution is -2.38. The summed E-state index contributed by atoms with van der Waals surface area (Å²) < 4.78 is 14.8. The first-order valence-electron chi connectivity index (χ1n) is 8.60. The summed E-state index contributed by atoms with van der Waals surface area (Å²) in [6.45, 7) is 1.41. The van der Waals surface area contributed by atoms with Gasteiger partial charge in [-0.25, -0.2) is 4.39 Å². The molecule has 1 N–H and O–H groups in total. The standard InChI is InChI=1S/C20H17BrFN3OS/c21-16-3-1-2-4-18(16)24-19-14-11-13(22)5-6-17(14)23-12-15(19)20(26)25-7-9-27-10-8-25/h1-6,11-12H,7-10H2,(H,23,24). The van der Waals surface area contributed by atoms with Crippen molar-refractivity contribution in [2.75, 3.05) is 29.9 Å². The topological polar surface area (TPSA) is 45.2 Å². The average Bonchev–Trinajstić information content (AvgIpc) is 2.70. The number of thioether (sulfide) groups is 1. The minimum atomic E-state index is -0.363. The van der Waals surface area contributed by atoms with Gasteiger partial charge in [0.15, 0.2) is 0 Å². The molecule has 1 saturated heterocycles. The fourth-order valence-electron chi connectivity index (χ4n) is 3.10. The second kappa shape index (κ2) is 7.86. The smallest absolute Gasteiger partial charge is 0.257 e. The largest absolute Gasteiger partial charge is 0.353 e. The molecule has 0 unspecified atom stereocenters. The first-order valence-corrected chi connectivity index (χ1v) is 10.5. The monoisotopic (exact) mass is 445 g/mol. The normalized spacial score (nSPS) is 14.4.